The van der Waals surface area contributed by atoms with Crippen LogP contribution in [0.15, 0.2) is 30.3 Å². The van der Waals surface area contributed by atoms with Crippen LogP contribution in [0.5, 0.6) is 5.75 Å². The molecule has 28 heavy (non-hydrogen) atoms. The zero-order valence-corrected chi connectivity index (χ0v) is 18.2. The summed E-state index contributed by atoms with van der Waals surface area (Å²) in [7, 11) is 0. The molecular formula is C23H36O5. The van der Waals surface area contributed by atoms with Gasteiger partial charge in [-0.1, -0.05) is 44.9 Å². The fourth-order valence-corrected chi connectivity index (χ4v) is 2.76. The molecule has 0 radical (unpaired) electrons. The molecule has 5 nitrogen and oxygen atoms in total. The Balaban J connectivity index is 2.67. The fraction of sp³-hybridized carbons (Fsp3) is 0.652. The van der Waals surface area contributed by atoms with E-state index in [1.54, 1.807) is 27.7 Å². The maximum absolute atomic E-state index is 12.6. The standard InChI is InChI=1S/C23H36O5/c1-7-8-10-15-20(18(3)26-19-13-11-9-12-14-19)27-22(25)17(2)16-21(24)28-23(4,5)6/h9,11-14,17-18,20H,7-8,10,15-16H2,1-6H3/t17-,18-,20+/m1/s1. The van der Waals surface area contributed by atoms with Gasteiger partial charge < -0.3 is 14.2 Å². The number of benzene rings is 1. The van der Waals surface area contributed by atoms with Gasteiger partial charge in [0.05, 0.1) is 12.3 Å². The van der Waals surface area contributed by atoms with Crippen LogP contribution in [0.1, 0.15) is 73.6 Å². The second-order valence-corrected chi connectivity index (χ2v) is 8.30. The first-order valence-electron chi connectivity index (χ1n) is 10.3. The molecule has 0 fully saturated rings. The molecule has 5 heteroatoms. The quantitative estimate of drug-likeness (QED) is 0.377. The second-order valence-electron chi connectivity index (χ2n) is 8.30. The average Bonchev–Trinajstić information content (AvgIpc) is 2.59. The van der Waals surface area contributed by atoms with E-state index in [1.165, 1.54) is 0 Å². The largest absolute Gasteiger partial charge is 0.487 e. The van der Waals surface area contributed by atoms with Gasteiger partial charge in [0.15, 0.2) is 0 Å². The van der Waals surface area contributed by atoms with Crippen molar-refractivity contribution in [1.29, 1.82) is 0 Å². The molecule has 1 rings (SSSR count). The van der Waals surface area contributed by atoms with Crippen molar-refractivity contribution >= 4 is 11.9 Å². The molecule has 0 saturated heterocycles. The Morgan fingerprint density at radius 3 is 2.25 bits per heavy atom. The molecule has 1 aromatic carbocycles. The molecule has 0 N–H and O–H groups in total. The third kappa shape index (κ3) is 9.77. The fourth-order valence-electron chi connectivity index (χ4n) is 2.76. The minimum atomic E-state index is -0.568. The van der Waals surface area contributed by atoms with Crippen molar-refractivity contribution in [1.82, 2.24) is 0 Å². The highest BCUT2D eigenvalue weighted by Gasteiger charge is 2.28. The Kier molecular flexibility index (Phi) is 10.0. The predicted molar refractivity (Wildman–Crippen MR) is 110 cm³/mol. The third-order valence-corrected chi connectivity index (χ3v) is 4.24. The molecule has 158 valence electrons. The number of ether oxygens (including phenoxy) is 3. The van der Waals surface area contributed by atoms with Crippen molar-refractivity contribution < 1.29 is 23.8 Å². The summed E-state index contributed by atoms with van der Waals surface area (Å²) in [5, 5.41) is 0. The van der Waals surface area contributed by atoms with Gasteiger partial charge in [-0.3, -0.25) is 9.59 Å². The number of esters is 2. The Hall–Kier alpha value is -2.04. The molecule has 1 aromatic rings. The van der Waals surface area contributed by atoms with Crippen LogP contribution in [0.2, 0.25) is 0 Å². The first kappa shape index (κ1) is 24.0. The summed E-state index contributed by atoms with van der Waals surface area (Å²) in [5.41, 5.74) is -0.568. The van der Waals surface area contributed by atoms with E-state index in [0.717, 1.165) is 31.4 Å². The molecule has 0 amide bonds. The lowest BCUT2D eigenvalue weighted by atomic mass is 10.0. The van der Waals surface area contributed by atoms with Crippen LogP contribution in [0, 0.1) is 5.92 Å². The topological polar surface area (TPSA) is 61.8 Å². The van der Waals surface area contributed by atoms with Gasteiger partial charge in [0.25, 0.3) is 0 Å². The van der Waals surface area contributed by atoms with Crippen LogP contribution in [-0.2, 0) is 19.1 Å². The van der Waals surface area contributed by atoms with Crippen molar-refractivity contribution in [2.75, 3.05) is 0 Å². The maximum Gasteiger partial charge on any atom is 0.309 e. The lowest BCUT2D eigenvalue weighted by molar-refractivity contribution is -0.165. The smallest absolute Gasteiger partial charge is 0.309 e. The maximum atomic E-state index is 12.6. The SMILES string of the molecule is CCCCC[C@H](OC(=O)[C@H](C)CC(=O)OC(C)(C)C)[C@@H](C)Oc1ccccc1. The molecule has 0 unspecified atom stereocenters. The minimum Gasteiger partial charge on any atom is -0.487 e. The van der Waals surface area contributed by atoms with E-state index in [4.69, 9.17) is 14.2 Å². The third-order valence-electron chi connectivity index (χ3n) is 4.24. The van der Waals surface area contributed by atoms with E-state index in [-0.39, 0.29) is 18.6 Å². The highest BCUT2D eigenvalue weighted by molar-refractivity contribution is 5.79. The van der Waals surface area contributed by atoms with Crippen molar-refractivity contribution in [3.63, 3.8) is 0 Å². The van der Waals surface area contributed by atoms with Gasteiger partial charge in [-0.2, -0.15) is 0 Å². The van der Waals surface area contributed by atoms with Crippen LogP contribution in [0.25, 0.3) is 0 Å². The van der Waals surface area contributed by atoms with Gasteiger partial charge in [-0.25, -0.2) is 0 Å². The first-order valence-corrected chi connectivity index (χ1v) is 10.3. The Morgan fingerprint density at radius 1 is 1.04 bits per heavy atom. The van der Waals surface area contributed by atoms with Crippen LogP contribution < -0.4 is 4.74 Å². The van der Waals surface area contributed by atoms with E-state index >= 15 is 0 Å². The van der Waals surface area contributed by atoms with Gasteiger partial charge in [-0.15, -0.1) is 0 Å². The predicted octanol–water partition coefficient (Wildman–Crippen LogP) is 5.31. The highest BCUT2D eigenvalue weighted by Crippen LogP contribution is 2.20. The summed E-state index contributed by atoms with van der Waals surface area (Å²) in [5.74, 6) is -0.607. The highest BCUT2D eigenvalue weighted by atomic mass is 16.6. The summed E-state index contributed by atoms with van der Waals surface area (Å²) in [6.45, 7) is 11.2. The van der Waals surface area contributed by atoms with Crippen LogP contribution >= 0.6 is 0 Å². The number of rotatable bonds is 11. The normalized spacial score (nSPS) is 14.6. The second kappa shape index (κ2) is 11.7. The molecule has 0 aliphatic rings. The Bertz CT molecular complexity index is 591. The number of carbonyl (C=O) groups excluding carboxylic acids is 2. The monoisotopic (exact) mass is 392 g/mol. The first-order chi connectivity index (χ1) is 13.1. The number of hydrogen-bond donors (Lipinski definition) is 0. The average molecular weight is 393 g/mol. The van der Waals surface area contributed by atoms with Gasteiger partial charge in [-0.05, 0) is 52.7 Å². The van der Waals surface area contributed by atoms with Gasteiger partial charge in [0.2, 0.25) is 0 Å². The van der Waals surface area contributed by atoms with Crippen LogP contribution in [0.3, 0.4) is 0 Å². The summed E-state index contributed by atoms with van der Waals surface area (Å²) in [6.07, 6.45) is 3.20. The molecule has 3 atom stereocenters. The molecule has 0 aromatic heterocycles. The summed E-state index contributed by atoms with van der Waals surface area (Å²) in [4.78, 5) is 24.5. The van der Waals surface area contributed by atoms with Gasteiger partial charge >= 0.3 is 11.9 Å². The summed E-state index contributed by atoms with van der Waals surface area (Å²) >= 11 is 0. The van der Waals surface area contributed by atoms with Gasteiger partial charge in [0, 0.05) is 0 Å². The van der Waals surface area contributed by atoms with E-state index in [0.29, 0.717) is 0 Å². The van der Waals surface area contributed by atoms with E-state index < -0.39 is 23.5 Å². The number of carbonyl (C=O) groups is 2. The Labute approximate surface area is 169 Å². The molecule has 0 saturated carbocycles. The number of para-hydroxylation sites is 1. The van der Waals surface area contributed by atoms with Crippen molar-refractivity contribution in [3.8, 4) is 5.75 Å². The van der Waals surface area contributed by atoms with E-state index in [2.05, 4.69) is 6.92 Å². The lowest BCUT2D eigenvalue weighted by Gasteiger charge is -2.26. The molecular weight excluding hydrogens is 356 g/mol. The zero-order chi connectivity index (χ0) is 21.2. The van der Waals surface area contributed by atoms with Crippen molar-refractivity contribution in [2.45, 2.75) is 91.5 Å². The van der Waals surface area contributed by atoms with Crippen LogP contribution in [0.4, 0.5) is 0 Å². The summed E-state index contributed by atoms with van der Waals surface area (Å²) in [6, 6.07) is 9.50. The molecule has 0 spiro atoms. The van der Waals surface area contributed by atoms with E-state index in [1.807, 2.05) is 37.3 Å². The van der Waals surface area contributed by atoms with Crippen LogP contribution in [-0.4, -0.2) is 29.7 Å². The Morgan fingerprint density at radius 2 is 1.68 bits per heavy atom. The van der Waals surface area contributed by atoms with Crippen molar-refractivity contribution in [3.05, 3.63) is 30.3 Å². The lowest BCUT2D eigenvalue weighted by Crippen LogP contribution is -2.36. The molecule has 0 aliphatic heterocycles. The zero-order valence-electron chi connectivity index (χ0n) is 18.2. The van der Waals surface area contributed by atoms with E-state index in [9.17, 15) is 9.59 Å². The minimum absolute atomic E-state index is 0.00566. The van der Waals surface area contributed by atoms with Gasteiger partial charge in [0.1, 0.15) is 23.6 Å². The number of unbranched alkanes of at least 4 members (excludes halogenated alkanes) is 2. The number of hydrogen-bond acceptors (Lipinski definition) is 5. The molecule has 0 heterocycles. The molecule has 0 aliphatic carbocycles. The van der Waals surface area contributed by atoms with Crippen molar-refractivity contribution in [2.24, 2.45) is 5.92 Å². The summed E-state index contributed by atoms with van der Waals surface area (Å²) < 4.78 is 17.0. The molecule has 0 bridgehead atoms.